The topological polar surface area (TPSA) is 65.3 Å². The lowest BCUT2D eigenvalue weighted by Crippen LogP contribution is -1.98. The number of ether oxygens (including phenoxy) is 1. The van der Waals surface area contributed by atoms with Crippen molar-refractivity contribution in [2.75, 3.05) is 7.11 Å². The number of rotatable bonds is 3. The van der Waals surface area contributed by atoms with Gasteiger partial charge in [0.2, 0.25) is 5.69 Å². The summed E-state index contributed by atoms with van der Waals surface area (Å²) in [6.07, 6.45) is 0. The van der Waals surface area contributed by atoms with E-state index in [-0.39, 0.29) is 42.1 Å². The van der Waals surface area contributed by atoms with Crippen molar-refractivity contribution in [2.24, 2.45) is 0 Å². The highest BCUT2D eigenvalue weighted by Crippen LogP contribution is 2.49. The second-order valence-corrected chi connectivity index (χ2v) is 5.81. The van der Waals surface area contributed by atoms with Gasteiger partial charge in [-0.25, -0.2) is 0 Å². The lowest BCUT2D eigenvalue weighted by Gasteiger charge is -2.12. The van der Waals surface area contributed by atoms with Crippen molar-refractivity contribution in [3.63, 3.8) is 0 Å². The molecule has 0 aliphatic heterocycles. The molecule has 0 radical (unpaired) electrons. The van der Waals surface area contributed by atoms with Gasteiger partial charge >= 0.3 is 5.82 Å². The van der Waals surface area contributed by atoms with Crippen LogP contribution in [0.25, 0.3) is 11.3 Å². The van der Waals surface area contributed by atoms with Crippen LogP contribution in [0, 0.1) is 10.1 Å². The molecule has 1 aromatic heterocycles. The average Bonchev–Trinajstić information content (AvgIpc) is 2.51. The molecule has 0 saturated carbocycles. The van der Waals surface area contributed by atoms with E-state index in [1.807, 2.05) is 0 Å². The van der Waals surface area contributed by atoms with E-state index >= 15 is 0 Å². The van der Waals surface area contributed by atoms with Crippen LogP contribution in [0.4, 0.5) is 5.82 Å². The van der Waals surface area contributed by atoms with E-state index in [2.05, 4.69) is 4.98 Å². The molecule has 116 valence electrons. The molecule has 1 aromatic carbocycles. The van der Waals surface area contributed by atoms with Crippen molar-refractivity contribution in [1.29, 1.82) is 0 Å². The number of nitrogens with zero attached hydrogens (tertiary/aromatic N) is 2. The summed E-state index contributed by atoms with van der Waals surface area (Å²) in [5.74, 6) is -0.200. The normalized spacial score (nSPS) is 10.6. The highest BCUT2D eigenvalue weighted by molar-refractivity contribution is 6.56. The van der Waals surface area contributed by atoms with Crippen molar-refractivity contribution in [2.45, 2.75) is 0 Å². The van der Waals surface area contributed by atoms with Gasteiger partial charge in [0.05, 0.1) is 37.8 Å². The zero-order valence-corrected chi connectivity index (χ0v) is 14.4. The largest absolute Gasteiger partial charge is 0.492 e. The highest BCUT2D eigenvalue weighted by atomic mass is 35.5. The number of benzene rings is 1. The Labute approximate surface area is 149 Å². The van der Waals surface area contributed by atoms with E-state index in [1.165, 1.54) is 19.2 Å². The molecule has 0 fully saturated rings. The minimum atomic E-state index is -0.663. The second-order valence-electron chi connectivity index (χ2n) is 3.92. The molecule has 0 saturated heterocycles. The van der Waals surface area contributed by atoms with Crippen LogP contribution in [0.2, 0.25) is 25.1 Å². The first-order valence-corrected chi connectivity index (χ1v) is 7.39. The quantitative estimate of drug-likeness (QED) is 0.276. The predicted molar refractivity (Wildman–Crippen MR) is 87.9 cm³/mol. The van der Waals surface area contributed by atoms with Crippen LogP contribution < -0.4 is 4.74 Å². The smallest absolute Gasteiger partial charge is 0.364 e. The van der Waals surface area contributed by atoms with Crippen LogP contribution in [-0.4, -0.2) is 17.0 Å². The van der Waals surface area contributed by atoms with Gasteiger partial charge in [0, 0.05) is 6.07 Å². The molecule has 0 spiro atoms. The Balaban J connectivity index is 2.87. The number of pyridine rings is 1. The summed E-state index contributed by atoms with van der Waals surface area (Å²) in [5, 5.41) is 10.7. The zero-order valence-electron chi connectivity index (χ0n) is 10.7. The van der Waals surface area contributed by atoms with Gasteiger partial charge in [0.15, 0.2) is 5.75 Å². The Morgan fingerprint density at radius 3 is 1.95 bits per heavy atom. The molecule has 2 aromatic rings. The third-order valence-corrected chi connectivity index (χ3v) is 4.97. The van der Waals surface area contributed by atoms with Crippen LogP contribution in [0.15, 0.2) is 12.1 Å². The number of nitro groups is 1. The minimum Gasteiger partial charge on any atom is -0.492 e. The van der Waals surface area contributed by atoms with E-state index in [0.29, 0.717) is 0 Å². The third-order valence-electron chi connectivity index (χ3n) is 2.70. The average molecular weight is 402 g/mol. The molecular formula is C12H5Cl5N2O3. The Hall–Kier alpha value is -0.980. The minimum absolute atomic E-state index is 0.0218. The summed E-state index contributed by atoms with van der Waals surface area (Å²) in [4.78, 5) is 14.1. The summed E-state index contributed by atoms with van der Waals surface area (Å²) < 4.78 is 5.13. The molecule has 10 heteroatoms. The van der Waals surface area contributed by atoms with E-state index in [0.717, 1.165) is 0 Å². The van der Waals surface area contributed by atoms with Gasteiger partial charge in [0.1, 0.15) is 0 Å². The molecular weight excluding hydrogens is 397 g/mol. The van der Waals surface area contributed by atoms with E-state index in [4.69, 9.17) is 62.7 Å². The Morgan fingerprint density at radius 1 is 1.00 bits per heavy atom. The number of hydrogen-bond donors (Lipinski definition) is 0. The maximum absolute atomic E-state index is 10.9. The molecule has 0 aliphatic rings. The number of aromatic nitrogens is 1. The van der Waals surface area contributed by atoms with Crippen LogP contribution in [0.5, 0.6) is 5.75 Å². The van der Waals surface area contributed by atoms with Gasteiger partial charge in [-0.15, -0.1) is 0 Å². The monoisotopic (exact) mass is 400 g/mol. The second kappa shape index (κ2) is 6.64. The summed E-state index contributed by atoms with van der Waals surface area (Å²) in [6.45, 7) is 0. The summed E-state index contributed by atoms with van der Waals surface area (Å²) >= 11 is 30.2. The molecule has 0 bridgehead atoms. The molecule has 5 nitrogen and oxygen atoms in total. The van der Waals surface area contributed by atoms with Crippen LogP contribution in [-0.2, 0) is 0 Å². The fraction of sp³-hybridized carbons (Fsp3) is 0.0833. The predicted octanol–water partition coefficient (Wildman–Crippen LogP) is 5.93. The van der Waals surface area contributed by atoms with Gasteiger partial charge in [-0.2, -0.15) is 0 Å². The van der Waals surface area contributed by atoms with Gasteiger partial charge in [0.25, 0.3) is 0 Å². The SMILES string of the molecule is COc1ccc([N+](=O)[O-])nc1-c1c(Cl)c(Cl)c(Cl)c(Cl)c1Cl. The first-order chi connectivity index (χ1) is 10.3. The van der Waals surface area contributed by atoms with Crippen molar-refractivity contribution in [3.8, 4) is 17.0 Å². The Bertz CT molecular complexity index is 753. The Morgan fingerprint density at radius 2 is 1.50 bits per heavy atom. The van der Waals surface area contributed by atoms with Gasteiger partial charge in [-0.05, 0) is 16.0 Å². The molecule has 0 amide bonds. The zero-order chi connectivity index (χ0) is 16.6. The van der Waals surface area contributed by atoms with Gasteiger partial charge in [-0.1, -0.05) is 58.0 Å². The number of halogens is 5. The van der Waals surface area contributed by atoms with Crippen LogP contribution in [0.3, 0.4) is 0 Å². The first kappa shape index (κ1) is 17.4. The lowest BCUT2D eigenvalue weighted by atomic mass is 10.1. The summed E-state index contributed by atoms with van der Waals surface area (Å²) in [7, 11) is 1.37. The maximum Gasteiger partial charge on any atom is 0.364 e. The highest BCUT2D eigenvalue weighted by Gasteiger charge is 2.27. The van der Waals surface area contributed by atoms with Crippen molar-refractivity contribution < 1.29 is 9.66 Å². The molecule has 0 N–H and O–H groups in total. The molecule has 1 heterocycles. The third kappa shape index (κ3) is 2.92. The number of methoxy groups -OCH3 is 1. The van der Waals surface area contributed by atoms with Gasteiger partial charge < -0.3 is 14.9 Å². The van der Waals surface area contributed by atoms with Gasteiger partial charge in [-0.3, -0.25) is 0 Å². The number of hydrogen-bond acceptors (Lipinski definition) is 4. The summed E-state index contributed by atoms with van der Waals surface area (Å²) in [6, 6.07) is 2.55. The molecule has 0 atom stereocenters. The van der Waals surface area contributed by atoms with Crippen molar-refractivity contribution >= 4 is 63.8 Å². The van der Waals surface area contributed by atoms with E-state index in [9.17, 15) is 10.1 Å². The maximum atomic E-state index is 10.9. The standard InChI is InChI=1S/C12H5Cl5N2O3/c1-22-4-2-3-5(19(20)21)18-12(4)6-7(13)9(15)11(17)10(16)8(6)14/h2-3H,1H3. The molecule has 2 rings (SSSR count). The van der Waals surface area contributed by atoms with Crippen LogP contribution in [0.1, 0.15) is 0 Å². The van der Waals surface area contributed by atoms with E-state index in [1.54, 1.807) is 0 Å². The first-order valence-electron chi connectivity index (χ1n) is 5.50. The fourth-order valence-electron chi connectivity index (χ4n) is 1.69. The van der Waals surface area contributed by atoms with E-state index < -0.39 is 10.7 Å². The Kier molecular flexibility index (Phi) is 5.25. The molecule has 0 aliphatic carbocycles. The molecule has 0 unspecified atom stereocenters. The van der Waals surface area contributed by atoms with Crippen LogP contribution >= 0.6 is 58.0 Å². The summed E-state index contributed by atoms with van der Waals surface area (Å²) in [5.41, 5.74) is 0.135. The van der Waals surface area contributed by atoms with Crippen molar-refractivity contribution in [1.82, 2.24) is 4.98 Å². The van der Waals surface area contributed by atoms with Crippen molar-refractivity contribution in [3.05, 3.63) is 47.4 Å². The lowest BCUT2D eigenvalue weighted by molar-refractivity contribution is -0.389. The molecule has 22 heavy (non-hydrogen) atoms. The fourth-order valence-corrected chi connectivity index (χ4v) is 3.01.